The van der Waals surface area contributed by atoms with Crippen molar-refractivity contribution < 1.29 is 13.2 Å². The Kier molecular flexibility index (Phi) is 3.78. The Bertz CT molecular complexity index is 577. The van der Waals surface area contributed by atoms with Crippen LogP contribution in [-0.4, -0.2) is 31.1 Å². The number of hydrogen-bond donors (Lipinski definition) is 0. The van der Waals surface area contributed by atoms with Gasteiger partial charge in [-0.15, -0.1) is 0 Å². The summed E-state index contributed by atoms with van der Waals surface area (Å²) in [4.78, 5) is 11.9. The first kappa shape index (κ1) is 14.2. The number of sulfonamides is 1. The predicted octanol–water partition coefficient (Wildman–Crippen LogP) is 1.98. The van der Waals surface area contributed by atoms with E-state index in [9.17, 15) is 13.2 Å². The maximum atomic E-state index is 12.6. The van der Waals surface area contributed by atoms with E-state index in [0.29, 0.717) is 11.3 Å². The lowest BCUT2D eigenvalue weighted by molar-refractivity contribution is -0.125. The van der Waals surface area contributed by atoms with Crippen molar-refractivity contribution in [2.45, 2.75) is 38.1 Å². The van der Waals surface area contributed by atoms with E-state index in [4.69, 9.17) is 0 Å². The van der Waals surface area contributed by atoms with Crippen molar-refractivity contribution in [1.82, 2.24) is 4.31 Å². The first-order valence-corrected chi connectivity index (χ1v) is 7.87. The second kappa shape index (κ2) is 5.06. The largest absolute Gasteiger partial charge is 0.299 e. The van der Waals surface area contributed by atoms with Crippen molar-refractivity contribution in [3.05, 3.63) is 29.8 Å². The molecule has 1 saturated heterocycles. The third-order valence-electron chi connectivity index (χ3n) is 3.62. The second-order valence-electron chi connectivity index (χ2n) is 5.31. The molecule has 0 amide bonds. The summed E-state index contributed by atoms with van der Waals surface area (Å²) in [6.07, 6.45) is 0.298. The molecule has 1 fully saturated rings. The van der Waals surface area contributed by atoms with E-state index in [-0.39, 0.29) is 24.3 Å². The van der Waals surface area contributed by atoms with Gasteiger partial charge in [0, 0.05) is 24.9 Å². The fraction of sp³-hybridized carbons (Fsp3) is 0.500. The molecule has 0 saturated carbocycles. The number of carbonyl (C=O) groups excluding carboxylic acids is 1. The van der Waals surface area contributed by atoms with Gasteiger partial charge >= 0.3 is 0 Å². The summed E-state index contributed by atoms with van der Waals surface area (Å²) in [6.45, 7) is 5.76. The molecule has 5 heteroatoms. The molecule has 2 rings (SSSR count). The summed E-state index contributed by atoms with van der Waals surface area (Å²) in [5.41, 5.74) is 1.02. The summed E-state index contributed by atoms with van der Waals surface area (Å²) < 4.78 is 26.6. The van der Waals surface area contributed by atoms with Crippen LogP contribution in [-0.2, 0) is 14.8 Å². The summed E-state index contributed by atoms with van der Waals surface area (Å²) in [6, 6.07) is 6.55. The van der Waals surface area contributed by atoms with E-state index >= 15 is 0 Å². The Balaban J connectivity index is 2.34. The number of Topliss-reactive ketones (excluding diaryl/α,β-unsaturated/α-hetero) is 1. The molecule has 0 N–H and O–H groups in total. The molecular weight excluding hydrogens is 262 g/mol. The van der Waals surface area contributed by atoms with Gasteiger partial charge in [-0.25, -0.2) is 8.42 Å². The normalized spacial score (nSPS) is 25.5. The number of benzene rings is 1. The van der Waals surface area contributed by atoms with Crippen molar-refractivity contribution in [3.8, 4) is 0 Å². The number of nitrogens with zero attached hydrogens (tertiary/aromatic N) is 1. The number of carbonyl (C=O) groups is 1. The fourth-order valence-electron chi connectivity index (χ4n) is 2.33. The number of rotatable bonds is 2. The molecule has 0 spiro atoms. The number of ketones is 1. The van der Waals surface area contributed by atoms with Crippen molar-refractivity contribution >= 4 is 15.8 Å². The third-order valence-corrected chi connectivity index (χ3v) is 5.61. The average molecular weight is 281 g/mol. The molecule has 0 bridgehead atoms. The molecular formula is C14H19NO3S. The van der Waals surface area contributed by atoms with E-state index < -0.39 is 10.0 Å². The smallest absolute Gasteiger partial charge is 0.243 e. The lowest BCUT2D eigenvalue weighted by Gasteiger charge is -2.34. The monoisotopic (exact) mass is 281 g/mol. The predicted molar refractivity (Wildman–Crippen MR) is 73.3 cm³/mol. The second-order valence-corrected chi connectivity index (χ2v) is 7.20. The summed E-state index contributed by atoms with van der Waals surface area (Å²) in [5, 5.41) is 0. The standard InChI is InChI=1S/C14H19NO3S/c1-10-4-6-13(7-5-10)19(17,18)15-9-11(2)14(16)8-12(15)3/h4-7,11-12H,8-9H2,1-3H3/t11-,12+/m0/s1. The zero-order chi connectivity index (χ0) is 14.2. The quantitative estimate of drug-likeness (QED) is 0.833. The molecule has 1 heterocycles. The van der Waals surface area contributed by atoms with Crippen LogP contribution < -0.4 is 0 Å². The molecule has 0 aliphatic carbocycles. The number of piperidine rings is 1. The van der Waals surface area contributed by atoms with Gasteiger partial charge in [0.05, 0.1) is 4.90 Å². The maximum absolute atomic E-state index is 12.6. The number of hydrogen-bond acceptors (Lipinski definition) is 3. The molecule has 0 aromatic heterocycles. The van der Waals surface area contributed by atoms with Gasteiger partial charge in [0.25, 0.3) is 0 Å². The van der Waals surface area contributed by atoms with Crippen LogP contribution in [0.2, 0.25) is 0 Å². The van der Waals surface area contributed by atoms with Crippen LogP contribution in [0.25, 0.3) is 0 Å². The van der Waals surface area contributed by atoms with Gasteiger partial charge in [0.1, 0.15) is 5.78 Å². The topological polar surface area (TPSA) is 54.5 Å². The summed E-state index contributed by atoms with van der Waals surface area (Å²) in [5.74, 6) is -0.0840. The Labute approximate surface area is 114 Å². The minimum atomic E-state index is -3.50. The van der Waals surface area contributed by atoms with Gasteiger partial charge in [0.2, 0.25) is 10.0 Å². The van der Waals surface area contributed by atoms with Gasteiger partial charge < -0.3 is 0 Å². The molecule has 1 aliphatic heterocycles. The van der Waals surface area contributed by atoms with E-state index in [2.05, 4.69) is 0 Å². The highest BCUT2D eigenvalue weighted by Crippen LogP contribution is 2.26. The van der Waals surface area contributed by atoms with Gasteiger partial charge in [-0.3, -0.25) is 4.79 Å². The number of aryl methyl sites for hydroxylation is 1. The average Bonchev–Trinajstić information content (AvgIpc) is 2.34. The van der Waals surface area contributed by atoms with E-state index in [0.717, 1.165) is 5.56 Å². The first-order valence-electron chi connectivity index (χ1n) is 6.43. The van der Waals surface area contributed by atoms with E-state index in [1.165, 1.54) is 4.31 Å². The van der Waals surface area contributed by atoms with Crippen LogP contribution in [0, 0.1) is 12.8 Å². The molecule has 1 aromatic carbocycles. The van der Waals surface area contributed by atoms with Crippen molar-refractivity contribution in [1.29, 1.82) is 0 Å². The van der Waals surface area contributed by atoms with Crippen LogP contribution in [0.5, 0.6) is 0 Å². The third kappa shape index (κ3) is 2.72. The molecule has 0 unspecified atom stereocenters. The Morgan fingerprint density at radius 2 is 1.74 bits per heavy atom. The first-order chi connectivity index (χ1) is 8.82. The minimum absolute atomic E-state index is 0.142. The van der Waals surface area contributed by atoms with Gasteiger partial charge in [0.15, 0.2) is 0 Å². The molecule has 1 aliphatic rings. The highest BCUT2D eigenvalue weighted by Gasteiger charge is 2.37. The molecule has 19 heavy (non-hydrogen) atoms. The van der Waals surface area contributed by atoms with Gasteiger partial charge in [-0.2, -0.15) is 4.31 Å². The molecule has 2 atom stereocenters. The van der Waals surface area contributed by atoms with Crippen LogP contribution >= 0.6 is 0 Å². The van der Waals surface area contributed by atoms with Crippen molar-refractivity contribution in [2.75, 3.05) is 6.54 Å². The lowest BCUT2D eigenvalue weighted by atomic mass is 9.96. The molecule has 1 aromatic rings. The van der Waals surface area contributed by atoms with Crippen LogP contribution in [0.15, 0.2) is 29.2 Å². The zero-order valence-electron chi connectivity index (χ0n) is 11.5. The summed E-state index contributed by atoms with van der Waals surface area (Å²) in [7, 11) is -3.50. The molecule has 4 nitrogen and oxygen atoms in total. The lowest BCUT2D eigenvalue weighted by Crippen LogP contribution is -2.48. The van der Waals surface area contributed by atoms with E-state index in [1.54, 1.807) is 38.1 Å². The Morgan fingerprint density at radius 3 is 2.32 bits per heavy atom. The fourth-order valence-corrected chi connectivity index (χ4v) is 4.05. The maximum Gasteiger partial charge on any atom is 0.243 e. The summed E-state index contributed by atoms with van der Waals surface area (Å²) >= 11 is 0. The zero-order valence-corrected chi connectivity index (χ0v) is 12.3. The minimum Gasteiger partial charge on any atom is -0.299 e. The molecule has 0 radical (unpaired) electrons. The van der Waals surface area contributed by atoms with Crippen molar-refractivity contribution in [3.63, 3.8) is 0 Å². The van der Waals surface area contributed by atoms with Gasteiger partial charge in [-0.1, -0.05) is 24.6 Å². The van der Waals surface area contributed by atoms with Crippen LogP contribution in [0.3, 0.4) is 0 Å². The van der Waals surface area contributed by atoms with Crippen LogP contribution in [0.1, 0.15) is 25.8 Å². The SMILES string of the molecule is Cc1ccc(S(=O)(=O)N2C[C@H](C)C(=O)C[C@H]2C)cc1. The Hall–Kier alpha value is -1.20. The highest BCUT2D eigenvalue weighted by molar-refractivity contribution is 7.89. The Morgan fingerprint density at radius 1 is 1.16 bits per heavy atom. The van der Waals surface area contributed by atoms with Crippen molar-refractivity contribution in [2.24, 2.45) is 5.92 Å². The van der Waals surface area contributed by atoms with Gasteiger partial charge in [-0.05, 0) is 26.0 Å². The van der Waals surface area contributed by atoms with Crippen LogP contribution in [0.4, 0.5) is 0 Å². The van der Waals surface area contributed by atoms with E-state index in [1.807, 2.05) is 6.92 Å². The highest BCUT2D eigenvalue weighted by atomic mass is 32.2. The molecule has 104 valence electrons.